The van der Waals surface area contributed by atoms with E-state index in [4.69, 9.17) is 16.6 Å². The first-order valence-electron chi connectivity index (χ1n) is 11.4. The van der Waals surface area contributed by atoms with E-state index >= 15 is 0 Å². The number of anilines is 2. The van der Waals surface area contributed by atoms with Crippen LogP contribution in [0.4, 0.5) is 11.5 Å². The van der Waals surface area contributed by atoms with E-state index in [1.165, 1.54) is 34.5 Å². The average molecular weight is 548 g/mol. The first-order valence-corrected chi connectivity index (χ1v) is 13.0. The molecular formula is C24H21N9O3S2. The Hall–Kier alpha value is -4.43. The normalized spacial score (nSPS) is 14.2. The first kappa shape index (κ1) is 25.2. The van der Waals surface area contributed by atoms with Crippen molar-refractivity contribution in [3.05, 3.63) is 75.7 Å². The standard InChI is InChI=1S/C24H21N9O3S2/c25-18-8-17-13(9-29-18)7-14(37-17)10-31-22(34)16-1-2-19-30-11-15(24(36)33(16)19)32-23(35)21(27)38-20(26)12-3-5-28-6-4-12/h3-9,11,16,26-27H,1-2,10H2,(H2,25,29)(H,31,34)(H,32,35). The van der Waals surface area contributed by atoms with Crippen molar-refractivity contribution in [2.45, 2.75) is 25.4 Å². The number of thioether (sulfide) groups is 1. The van der Waals surface area contributed by atoms with E-state index in [9.17, 15) is 14.4 Å². The van der Waals surface area contributed by atoms with Gasteiger partial charge in [-0.1, -0.05) is 0 Å². The molecule has 0 saturated carbocycles. The topological polar surface area (TPSA) is 193 Å². The number of carbonyl (C=O) groups excluding carboxylic acids is 2. The second-order valence-electron chi connectivity index (χ2n) is 8.35. The summed E-state index contributed by atoms with van der Waals surface area (Å²) in [5.41, 5.74) is 5.52. The van der Waals surface area contributed by atoms with Crippen LogP contribution in [0.15, 0.2) is 53.8 Å². The first-order chi connectivity index (χ1) is 18.3. The highest BCUT2D eigenvalue weighted by atomic mass is 32.2. The van der Waals surface area contributed by atoms with Crippen LogP contribution in [0.2, 0.25) is 0 Å². The fourth-order valence-electron chi connectivity index (χ4n) is 4.01. The van der Waals surface area contributed by atoms with Gasteiger partial charge in [-0.3, -0.25) is 34.8 Å². The van der Waals surface area contributed by atoms with Gasteiger partial charge in [-0.25, -0.2) is 9.97 Å². The van der Waals surface area contributed by atoms with Crippen LogP contribution in [0.1, 0.15) is 28.7 Å². The highest BCUT2D eigenvalue weighted by molar-refractivity contribution is 8.28. The number of aryl methyl sites for hydroxylation is 1. The highest BCUT2D eigenvalue weighted by Crippen LogP contribution is 2.27. The number of nitrogens with zero attached hydrogens (tertiary/aromatic N) is 4. The number of thiophene rings is 1. The quantitative estimate of drug-likeness (QED) is 0.185. The molecule has 1 atom stereocenters. The molecule has 0 radical (unpaired) electrons. The summed E-state index contributed by atoms with van der Waals surface area (Å²) >= 11 is 2.14. The number of amides is 2. The molecule has 0 aromatic carbocycles. The number of nitrogens with one attached hydrogen (secondary N) is 4. The van der Waals surface area contributed by atoms with Gasteiger partial charge in [-0.2, -0.15) is 0 Å². The van der Waals surface area contributed by atoms with Gasteiger partial charge in [0.1, 0.15) is 28.4 Å². The predicted molar refractivity (Wildman–Crippen MR) is 147 cm³/mol. The summed E-state index contributed by atoms with van der Waals surface area (Å²) in [5, 5.41) is 21.8. The molecule has 2 amide bonds. The van der Waals surface area contributed by atoms with E-state index in [1.807, 2.05) is 6.07 Å². The van der Waals surface area contributed by atoms with Crippen LogP contribution in [0.25, 0.3) is 10.1 Å². The Kier molecular flexibility index (Phi) is 6.98. The molecule has 5 rings (SSSR count). The number of nitrogens with two attached hydrogens (primary N) is 1. The Morgan fingerprint density at radius 1 is 1.18 bits per heavy atom. The minimum atomic E-state index is -0.854. The Balaban J connectivity index is 1.26. The molecule has 0 saturated heterocycles. The fourth-order valence-corrected chi connectivity index (χ4v) is 5.63. The molecule has 0 aliphatic carbocycles. The van der Waals surface area contributed by atoms with Crippen molar-refractivity contribution in [1.82, 2.24) is 24.8 Å². The second-order valence-corrected chi connectivity index (χ2v) is 10.5. The van der Waals surface area contributed by atoms with Gasteiger partial charge in [0.25, 0.3) is 11.5 Å². The lowest BCUT2D eigenvalue weighted by Crippen LogP contribution is -2.37. The van der Waals surface area contributed by atoms with Gasteiger partial charge in [-0.05, 0) is 42.4 Å². The highest BCUT2D eigenvalue weighted by Gasteiger charge is 2.31. The fraction of sp³-hybridized carbons (Fsp3) is 0.167. The summed E-state index contributed by atoms with van der Waals surface area (Å²) in [5.74, 6) is -0.319. The average Bonchev–Trinajstić information content (AvgIpc) is 3.53. The number of rotatable bonds is 5. The maximum Gasteiger partial charge on any atom is 0.280 e. The van der Waals surface area contributed by atoms with Gasteiger partial charge < -0.3 is 16.4 Å². The van der Waals surface area contributed by atoms with E-state index in [2.05, 4.69) is 25.6 Å². The minimum Gasteiger partial charge on any atom is -0.384 e. The molecule has 0 spiro atoms. The van der Waals surface area contributed by atoms with Crippen molar-refractivity contribution in [2.75, 3.05) is 11.1 Å². The molecule has 4 aromatic rings. The van der Waals surface area contributed by atoms with E-state index < -0.39 is 22.6 Å². The summed E-state index contributed by atoms with van der Waals surface area (Å²) in [6.45, 7) is 0.278. The molecule has 14 heteroatoms. The van der Waals surface area contributed by atoms with E-state index in [0.717, 1.165) is 15.0 Å². The third kappa shape index (κ3) is 5.17. The second kappa shape index (κ2) is 10.5. The zero-order valence-corrected chi connectivity index (χ0v) is 21.4. The van der Waals surface area contributed by atoms with E-state index in [0.29, 0.717) is 41.8 Å². The SMILES string of the molecule is N=C(SC(=N)c1ccncc1)C(=O)Nc1cnc2n(c1=O)C(C(=O)NCc1cc3cnc(N)cc3s1)CC2. The summed E-state index contributed by atoms with van der Waals surface area (Å²) < 4.78 is 2.25. The molecule has 1 unspecified atom stereocenters. The van der Waals surface area contributed by atoms with Crippen LogP contribution >= 0.6 is 23.1 Å². The molecule has 1 aliphatic rings. The van der Waals surface area contributed by atoms with Gasteiger partial charge in [0, 0.05) is 45.5 Å². The zero-order chi connectivity index (χ0) is 26.8. The number of carbonyl (C=O) groups is 2. The Morgan fingerprint density at radius 2 is 1.97 bits per heavy atom. The van der Waals surface area contributed by atoms with Gasteiger partial charge in [0.15, 0.2) is 5.04 Å². The lowest BCUT2D eigenvalue weighted by atomic mass is 10.2. The Morgan fingerprint density at radius 3 is 2.76 bits per heavy atom. The van der Waals surface area contributed by atoms with Gasteiger partial charge >= 0.3 is 0 Å². The molecule has 0 fully saturated rings. The Labute approximate surface area is 223 Å². The number of nitrogen functional groups attached to an aromatic ring is 1. The van der Waals surface area contributed by atoms with Crippen molar-refractivity contribution in [2.24, 2.45) is 0 Å². The molecule has 5 heterocycles. The predicted octanol–water partition coefficient (Wildman–Crippen LogP) is 2.31. The summed E-state index contributed by atoms with van der Waals surface area (Å²) in [4.78, 5) is 51.9. The lowest BCUT2D eigenvalue weighted by Gasteiger charge is -2.15. The lowest BCUT2D eigenvalue weighted by molar-refractivity contribution is -0.124. The molecule has 12 nitrogen and oxygen atoms in total. The molecule has 38 heavy (non-hydrogen) atoms. The van der Waals surface area contributed by atoms with Crippen molar-refractivity contribution >= 4 is 66.6 Å². The van der Waals surface area contributed by atoms with Crippen LogP contribution in [-0.2, 0) is 22.6 Å². The number of hydrogen-bond acceptors (Lipinski definition) is 11. The van der Waals surface area contributed by atoms with Crippen molar-refractivity contribution in [1.29, 1.82) is 10.8 Å². The number of hydrogen-bond donors (Lipinski definition) is 5. The number of pyridine rings is 2. The van der Waals surface area contributed by atoms with E-state index in [-0.39, 0.29) is 23.2 Å². The number of fused-ring (bicyclic) bond motifs is 2. The molecule has 6 N–H and O–H groups in total. The van der Waals surface area contributed by atoms with Gasteiger partial charge in [0.05, 0.1) is 12.7 Å². The van der Waals surface area contributed by atoms with E-state index in [1.54, 1.807) is 24.4 Å². The molecular weight excluding hydrogens is 526 g/mol. The number of aromatic nitrogens is 4. The maximum absolute atomic E-state index is 13.2. The van der Waals surface area contributed by atoms with Crippen LogP contribution < -0.4 is 21.9 Å². The smallest absolute Gasteiger partial charge is 0.280 e. The van der Waals surface area contributed by atoms with Crippen LogP contribution in [0.3, 0.4) is 0 Å². The zero-order valence-electron chi connectivity index (χ0n) is 19.7. The Bertz CT molecular complexity index is 1650. The molecule has 4 aromatic heterocycles. The maximum atomic E-state index is 13.2. The van der Waals surface area contributed by atoms with Gasteiger partial charge in [0.2, 0.25) is 5.91 Å². The third-order valence-corrected chi connectivity index (χ3v) is 7.76. The summed E-state index contributed by atoms with van der Waals surface area (Å²) in [7, 11) is 0. The van der Waals surface area contributed by atoms with Crippen LogP contribution in [-0.4, -0.2) is 41.4 Å². The van der Waals surface area contributed by atoms with Crippen molar-refractivity contribution in [3.8, 4) is 0 Å². The summed E-state index contributed by atoms with van der Waals surface area (Å²) in [6, 6.07) is 6.12. The van der Waals surface area contributed by atoms with Crippen LogP contribution in [0, 0.1) is 10.8 Å². The van der Waals surface area contributed by atoms with Crippen molar-refractivity contribution < 1.29 is 9.59 Å². The minimum absolute atomic E-state index is 0.00791. The van der Waals surface area contributed by atoms with Crippen LogP contribution in [0.5, 0.6) is 0 Å². The van der Waals surface area contributed by atoms with Gasteiger partial charge in [-0.15, -0.1) is 11.3 Å². The van der Waals surface area contributed by atoms with Crippen molar-refractivity contribution in [3.63, 3.8) is 0 Å². The third-order valence-electron chi connectivity index (χ3n) is 5.84. The largest absolute Gasteiger partial charge is 0.384 e. The molecule has 1 aliphatic heterocycles. The molecule has 192 valence electrons. The molecule has 0 bridgehead atoms. The summed E-state index contributed by atoms with van der Waals surface area (Å²) in [6.07, 6.45) is 6.76. The monoisotopic (exact) mass is 547 g/mol.